The first-order chi connectivity index (χ1) is 6.69. The van der Waals surface area contributed by atoms with Crippen LogP contribution in [0.25, 0.3) is 0 Å². The van der Waals surface area contributed by atoms with E-state index in [9.17, 15) is 4.79 Å². The van der Waals surface area contributed by atoms with Crippen LogP contribution in [-0.4, -0.2) is 22.8 Å². The molecule has 1 aromatic heterocycles. The molecule has 0 saturated carbocycles. The fourth-order valence-corrected chi connectivity index (χ4v) is 0.941. The van der Waals surface area contributed by atoms with Crippen molar-refractivity contribution in [2.45, 2.75) is 13.8 Å². The van der Waals surface area contributed by atoms with Gasteiger partial charge in [0.25, 0.3) is 0 Å². The van der Waals surface area contributed by atoms with E-state index in [4.69, 9.17) is 10.00 Å². The lowest BCUT2D eigenvalue weighted by molar-refractivity contribution is 0.0517. The summed E-state index contributed by atoms with van der Waals surface area (Å²) in [6.07, 6.45) is 0. The molecule has 1 heterocycles. The van der Waals surface area contributed by atoms with Gasteiger partial charge >= 0.3 is 5.97 Å². The minimum absolute atomic E-state index is 0.158. The van der Waals surface area contributed by atoms with Gasteiger partial charge in [-0.1, -0.05) is 0 Å². The quantitative estimate of drug-likeness (QED) is 0.647. The van der Waals surface area contributed by atoms with Crippen molar-refractivity contribution >= 4 is 5.97 Å². The molecule has 0 aromatic carbocycles. The highest BCUT2D eigenvalue weighted by Gasteiger charge is 2.12. The number of carbonyl (C=O) groups excluding carboxylic acids is 1. The van der Waals surface area contributed by atoms with Gasteiger partial charge in [-0.15, -0.1) is 10.2 Å². The second-order valence-corrected chi connectivity index (χ2v) is 2.59. The van der Waals surface area contributed by atoms with Gasteiger partial charge in [0.15, 0.2) is 11.4 Å². The van der Waals surface area contributed by atoms with Gasteiger partial charge < -0.3 is 4.74 Å². The fourth-order valence-electron chi connectivity index (χ4n) is 0.941. The molecule has 0 aliphatic heterocycles. The van der Waals surface area contributed by atoms with Crippen LogP contribution in [0.1, 0.15) is 28.7 Å². The van der Waals surface area contributed by atoms with E-state index in [0.29, 0.717) is 12.2 Å². The smallest absolute Gasteiger partial charge is 0.359 e. The molecule has 5 heteroatoms. The number of nitrogens with zero attached hydrogens (tertiary/aromatic N) is 3. The monoisotopic (exact) mass is 191 g/mol. The van der Waals surface area contributed by atoms with E-state index in [0.717, 1.165) is 0 Å². The van der Waals surface area contributed by atoms with Crippen LogP contribution in [0.4, 0.5) is 0 Å². The van der Waals surface area contributed by atoms with Crippen LogP contribution in [0.5, 0.6) is 0 Å². The van der Waals surface area contributed by atoms with E-state index < -0.39 is 5.97 Å². The molecule has 0 spiro atoms. The van der Waals surface area contributed by atoms with Gasteiger partial charge in [-0.25, -0.2) is 4.79 Å². The number of nitriles is 1. The topological polar surface area (TPSA) is 75.9 Å². The van der Waals surface area contributed by atoms with Crippen LogP contribution in [0.2, 0.25) is 0 Å². The maximum atomic E-state index is 11.3. The Morgan fingerprint density at radius 1 is 1.64 bits per heavy atom. The number of ether oxygens (including phenoxy) is 1. The van der Waals surface area contributed by atoms with Crippen molar-refractivity contribution in [1.82, 2.24) is 10.2 Å². The minimum Gasteiger partial charge on any atom is -0.461 e. The zero-order chi connectivity index (χ0) is 10.6. The lowest BCUT2D eigenvalue weighted by atomic mass is 10.2. The Morgan fingerprint density at radius 2 is 2.36 bits per heavy atom. The first-order valence-corrected chi connectivity index (χ1v) is 4.10. The lowest BCUT2D eigenvalue weighted by Crippen LogP contribution is -2.10. The van der Waals surface area contributed by atoms with E-state index in [1.807, 2.05) is 6.07 Å². The largest absolute Gasteiger partial charge is 0.461 e. The fraction of sp³-hybridized carbons (Fsp3) is 0.333. The maximum Gasteiger partial charge on any atom is 0.359 e. The molecule has 0 N–H and O–H groups in total. The van der Waals surface area contributed by atoms with E-state index in [-0.39, 0.29) is 11.4 Å². The summed E-state index contributed by atoms with van der Waals surface area (Å²) in [6.45, 7) is 3.69. The van der Waals surface area contributed by atoms with Crippen molar-refractivity contribution in [1.29, 1.82) is 5.26 Å². The number of aryl methyl sites for hydroxylation is 1. The van der Waals surface area contributed by atoms with Gasteiger partial charge in [0.1, 0.15) is 6.07 Å². The molecule has 1 rings (SSSR count). The molecule has 0 saturated heterocycles. The van der Waals surface area contributed by atoms with E-state index in [1.54, 1.807) is 13.8 Å². The van der Waals surface area contributed by atoms with Gasteiger partial charge in [0, 0.05) is 0 Å². The molecule has 0 atom stereocenters. The second-order valence-electron chi connectivity index (χ2n) is 2.59. The zero-order valence-electron chi connectivity index (χ0n) is 7.94. The number of esters is 1. The first-order valence-electron chi connectivity index (χ1n) is 4.10. The van der Waals surface area contributed by atoms with Crippen LogP contribution in [0.3, 0.4) is 0 Å². The highest BCUT2D eigenvalue weighted by molar-refractivity contribution is 5.88. The van der Waals surface area contributed by atoms with Crippen molar-refractivity contribution in [3.05, 3.63) is 23.0 Å². The van der Waals surface area contributed by atoms with Gasteiger partial charge in [-0.05, 0) is 25.5 Å². The molecule has 0 aliphatic carbocycles. The molecule has 0 unspecified atom stereocenters. The van der Waals surface area contributed by atoms with Crippen molar-refractivity contribution in [3.8, 4) is 6.07 Å². The molecule has 14 heavy (non-hydrogen) atoms. The highest BCUT2D eigenvalue weighted by atomic mass is 16.5. The Balaban J connectivity index is 3.01. The SMILES string of the molecule is CCOC(=O)c1nnc(C#N)cc1C. The molecule has 1 aromatic rings. The van der Waals surface area contributed by atoms with Gasteiger partial charge in [-0.2, -0.15) is 5.26 Å². The van der Waals surface area contributed by atoms with Crippen LogP contribution < -0.4 is 0 Å². The van der Waals surface area contributed by atoms with Crippen LogP contribution in [0, 0.1) is 18.3 Å². The summed E-state index contributed by atoms with van der Waals surface area (Å²) >= 11 is 0. The number of hydrogen-bond acceptors (Lipinski definition) is 5. The number of hydrogen-bond donors (Lipinski definition) is 0. The third-order valence-electron chi connectivity index (χ3n) is 1.57. The summed E-state index contributed by atoms with van der Waals surface area (Å²) in [5.74, 6) is -0.512. The van der Waals surface area contributed by atoms with E-state index in [1.165, 1.54) is 6.07 Å². The van der Waals surface area contributed by atoms with Crippen LogP contribution >= 0.6 is 0 Å². The summed E-state index contributed by atoms with van der Waals surface area (Å²) in [5, 5.41) is 15.7. The van der Waals surface area contributed by atoms with Gasteiger partial charge in [0.2, 0.25) is 0 Å². The molecular formula is C9H9N3O2. The molecule has 0 amide bonds. The predicted octanol–water partition coefficient (Wildman–Crippen LogP) is 0.833. The summed E-state index contributed by atoms with van der Waals surface area (Å²) in [4.78, 5) is 11.3. The standard InChI is InChI=1S/C9H9N3O2/c1-3-14-9(13)8-6(2)4-7(5-10)11-12-8/h4H,3H2,1-2H3. The average molecular weight is 191 g/mol. The number of rotatable bonds is 2. The Hall–Kier alpha value is -1.96. The van der Waals surface area contributed by atoms with E-state index in [2.05, 4.69) is 10.2 Å². The summed E-state index contributed by atoms with van der Waals surface area (Å²) < 4.78 is 4.76. The maximum absolute atomic E-state index is 11.3. The van der Waals surface area contributed by atoms with Gasteiger partial charge in [0.05, 0.1) is 6.61 Å². The highest BCUT2D eigenvalue weighted by Crippen LogP contribution is 2.05. The minimum atomic E-state index is -0.512. The van der Waals surface area contributed by atoms with Crippen molar-refractivity contribution in [2.24, 2.45) is 0 Å². The average Bonchev–Trinajstić information content (AvgIpc) is 2.17. The Labute approximate surface area is 81.3 Å². The lowest BCUT2D eigenvalue weighted by Gasteiger charge is -2.02. The third kappa shape index (κ3) is 2.04. The molecule has 0 bridgehead atoms. The molecule has 0 radical (unpaired) electrons. The summed E-state index contributed by atoms with van der Waals surface area (Å²) in [7, 11) is 0. The van der Waals surface area contributed by atoms with Crippen LogP contribution in [-0.2, 0) is 4.74 Å². The Bertz CT molecular complexity index is 396. The molecule has 5 nitrogen and oxygen atoms in total. The third-order valence-corrected chi connectivity index (χ3v) is 1.57. The summed E-state index contributed by atoms with van der Waals surface area (Å²) in [6, 6.07) is 3.34. The Kier molecular flexibility index (Phi) is 3.13. The molecule has 0 fully saturated rings. The van der Waals surface area contributed by atoms with E-state index >= 15 is 0 Å². The normalized spacial score (nSPS) is 9.21. The van der Waals surface area contributed by atoms with Gasteiger partial charge in [-0.3, -0.25) is 0 Å². The molecular weight excluding hydrogens is 182 g/mol. The second kappa shape index (κ2) is 4.33. The van der Waals surface area contributed by atoms with Crippen molar-refractivity contribution in [2.75, 3.05) is 6.61 Å². The molecule has 72 valence electrons. The zero-order valence-corrected chi connectivity index (χ0v) is 7.94. The summed E-state index contributed by atoms with van der Waals surface area (Å²) in [5.41, 5.74) is 0.941. The predicted molar refractivity (Wildman–Crippen MR) is 47.4 cm³/mol. The van der Waals surface area contributed by atoms with Crippen molar-refractivity contribution in [3.63, 3.8) is 0 Å². The first kappa shape index (κ1) is 10.1. The van der Waals surface area contributed by atoms with Crippen molar-refractivity contribution < 1.29 is 9.53 Å². The van der Waals surface area contributed by atoms with Crippen LogP contribution in [0.15, 0.2) is 6.07 Å². The molecule has 0 aliphatic rings. The Morgan fingerprint density at radius 3 is 2.86 bits per heavy atom. The number of carbonyl (C=O) groups is 1. The number of aromatic nitrogens is 2.